The van der Waals surface area contributed by atoms with E-state index in [-0.39, 0.29) is 11.9 Å². The first-order valence-electron chi connectivity index (χ1n) is 6.66. The summed E-state index contributed by atoms with van der Waals surface area (Å²) in [5, 5.41) is 4.54. The molecule has 1 aliphatic heterocycles. The SMILES string of the molecule is CC(C)C1CC(C(=O)N/N=C/c2ccccc2Cl)NN1. The zero-order valence-electron chi connectivity index (χ0n) is 11.6. The van der Waals surface area contributed by atoms with Crippen molar-refractivity contribution in [3.05, 3.63) is 34.9 Å². The lowest BCUT2D eigenvalue weighted by molar-refractivity contribution is -0.122. The molecule has 108 valence electrons. The van der Waals surface area contributed by atoms with E-state index in [0.29, 0.717) is 17.0 Å². The van der Waals surface area contributed by atoms with E-state index in [0.717, 1.165) is 12.0 Å². The maximum Gasteiger partial charge on any atom is 0.258 e. The van der Waals surface area contributed by atoms with E-state index in [1.54, 1.807) is 12.3 Å². The van der Waals surface area contributed by atoms with E-state index in [1.165, 1.54) is 0 Å². The molecular formula is C14H19ClN4O. The van der Waals surface area contributed by atoms with Gasteiger partial charge in [0.15, 0.2) is 0 Å². The normalized spacial score (nSPS) is 22.6. The van der Waals surface area contributed by atoms with Gasteiger partial charge in [0.2, 0.25) is 0 Å². The monoisotopic (exact) mass is 294 g/mol. The Kier molecular flexibility index (Phi) is 5.11. The van der Waals surface area contributed by atoms with E-state index in [2.05, 4.69) is 35.2 Å². The van der Waals surface area contributed by atoms with Crippen LogP contribution in [0.4, 0.5) is 0 Å². The van der Waals surface area contributed by atoms with Gasteiger partial charge in [-0.15, -0.1) is 0 Å². The Morgan fingerprint density at radius 3 is 2.85 bits per heavy atom. The number of rotatable bonds is 4. The van der Waals surface area contributed by atoms with Crippen LogP contribution in [0.1, 0.15) is 25.8 Å². The number of hydrogen-bond acceptors (Lipinski definition) is 4. The summed E-state index contributed by atoms with van der Waals surface area (Å²) in [5.74, 6) is 0.330. The van der Waals surface area contributed by atoms with Crippen molar-refractivity contribution in [3.63, 3.8) is 0 Å². The Hall–Kier alpha value is -1.43. The van der Waals surface area contributed by atoms with Crippen molar-refractivity contribution in [1.29, 1.82) is 0 Å². The van der Waals surface area contributed by atoms with E-state index in [4.69, 9.17) is 11.6 Å². The van der Waals surface area contributed by atoms with Gasteiger partial charge in [-0.1, -0.05) is 43.6 Å². The summed E-state index contributed by atoms with van der Waals surface area (Å²) < 4.78 is 0. The minimum Gasteiger partial charge on any atom is -0.271 e. The lowest BCUT2D eigenvalue weighted by Crippen LogP contribution is -2.42. The first-order chi connectivity index (χ1) is 9.58. The van der Waals surface area contributed by atoms with Gasteiger partial charge >= 0.3 is 0 Å². The van der Waals surface area contributed by atoms with Crippen molar-refractivity contribution in [2.45, 2.75) is 32.4 Å². The predicted octanol–water partition coefficient (Wildman–Crippen LogP) is 1.68. The van der Waals surface area contributed by atoms with Crippen molar-refractivity contribution < 1.29 is 4.79 Å². The number of benzene rings is 1. The van der Waals surface area contributed by atoms with Gasteiger partial charge in [0.1, 0.15) is 6.04 Å². The summed E-state index contributed by atoms with van der Waals surface area (Å²) >= 11 is 5.99. The van der Waals surface area contributed by atoms with Gasteiger partial charge < -0.3 is 0 Å². The average Bonchev–Trinajstić information content (AvgIpc) is 2.91. The van der Waals surface area contributed by atoms with E-state index in [1.807, 2.05) is 18.2 Å². The van der Waals surface area contributed by atoms with Crippen molar-refractivity contribution >= 4 is 23.7 Å². The minimum atomic E-state index is -0.259. The number of nitrogens with zero attached hydrogens (tertiary/aromatic N) is 1. The summed E-state index contributed by atoms with van der Waals surface area (Å²) in [6.07, 6.45) is 2.30. The molecule has 20 heavy (non-hydrogen) atoms. The maximum absolute atomic E-state index is 11.9. The average molecular weight is 295 g/mol. The fourth-order valence-electron chi connectivity index (χ4n) is 2.01. The number of halogens is 1. The number of hydrazine groups is 1. The molecule has 2 rings (SSSR count). The van der Waals surface area contributed by atoms with Crippen LogP contribution in [0.2, 0.25) is 5.02 Å². The molecule has 1 aromatic rings. The number of amides is 1. The standard InChI is InChI=1S/C14H19ClN4O/c1-9(2)12-7-13(18-17-12)14(20)19-16-8-10-5-3-4-6-11(10)15/h3-6,8-9,12-13,17-18H,7H2,1-2H3,(H,19,20)/b16-8+. The van der Waals surface area contributed by atoms with Gasteiger partial charge in [-0.25, -0.2) is 10.9 Å². The van der Waals surface area contributed by atoms with Crippen molar-refractivity contribution in [2.24, 2.45) is 11.0 Å². The van der Waals surface area contributed by atoms with Crippen LogP contribution in [0.5, 0.6) is 0 Å². The Balaban J connectivity index is 1.86. The zero-order chi connectivity index (χ0) is 14.5. The molecule has 1 aromatic carbocycles. The number of nitrogens with one attached hydrogen (secondary N) is 3. The molecule has 0 aliphatic carbocycles. The van der Waals surface area contributed by atoms with Crippen LogP contribution in [0.3, 0.4) is 0 Å². The molecule has 5 nitrogen and oxygen atoms in total. The lowest BCUT2D eigenvalue weighted by atomic mass is 9.99. The van der Waals surface area contributed by atoms with Crippen molar-refractivity contribution in [2.75, 3.05) is 0 Å². The molecule has 2 atom stereocenters. The van der Waals surface area contributed by atoms with Crippen molar-refractivity contribution in [3.8, 4) is 0 Å². The van der Waals surface area contributed by atoms with Crippen LogP contribution in [-0.2, 0) is 4.79 Å². The number of carbonyl (C=O) groups excluding carboxylic acids is 1. The highest BCUT2D eigenvalue weighted by Gasteiger charge is 2.30. The first-order valence-corrected chi connectivity index (χ1v) is 7.04. The number of hydrogen-bond donors (Lipinski definition) is 3. The maximum atomic E-state index is 11.9. The molecule has 0 saturated carbocycles. The number of carbonyl (C=O) groups is 1. The molecule has 1 amide bonds. The molecule has 0 aromatic heterocycles. The molecule has 3 N–H and O–H groups in total. The Morgan fingerprint density at radius 2 is 2.20 bits per heavy atom. The van der Waals surface area contributed by atoms with Crippen LogP contribution in [-0.4, -0.2) is 24.2 Å². The third-order valence-electron chi connectivity index (χ3n) is 3.34. The molecular weight excluding hydrogens is 276 g/mol. The fourth-order valence-corrected chi connectivity index (χ4v) is 2.20. The summed E-state index contributed by atoms with van der Waals surface area (Å²) in [4.78, 5) is 11.9. The molecule has 1 aliphatic rings. The summed E-state index contributed by atoms with van der Waals surface area (Å²) in [5.41, 5.74) is 9.41. The zero-order valence-corrected chi connectivity index (χ0v) is 12.3. The second kappa shape index (κ2) is 6.83. The second-order valence-corrected chi connectivity index (χ2v) is 5.59. The second-order valence-electron chi connectivity index (χ2n) is 5.18. The largest absolute Gasteiger partial charge is 0.271 e. The van der Waals surface area contributed by atoms with Gasteiger partial charge in [-0.05, 0) is 18.4 Å². The van der Waals surface area contributed by atoms with Crippen LogP contribution in [0.25, 0.3) is 0 Å². The summed E-state index contributed by atoms with van der Waals surface area (Å²) in [6.45, 7) is 4.24. The van der Waals surface area contributed by atoms with Gasteiger partial charge in [-0.2, -0.15) is 5.10 Å². The van der Waals surface area contributed by atoms with Gasteiger partial charge in [0.25, 0.3) is 5.91 Å². The van der Waals surface area contributed by atoms with Crippen LogP contribution in [0, 0.1) is 5.92 Å². The molecule has 6 heteroatoms. The summed E-state index contributed by atoms with van der Waals surface area (Å²) in [7, 11) is 0. The van der Waals surface area contributed by atoms with Crippen LogP contribution >= 0.6 is 11.6 Å². The fraction of sp³-hybridized carbons (Fsp3) is 0.429. The van der Waals surface area contributed by atoms with E-state index in [9.17, 15) is 4.79 Å². The summed E-state index contributed by atoms with van der Waals surface area (Å²) in [6, 6.07) is 7.37. The van der Waals surface area contributed by atoms with E-state index < -0.39 is 0 Å². The Labute approximate surface area is 123 Å². The van der Waals surface area contributed by atoms with E-state index >= 15 is 0 Å². The molecule has 0 radical (unpaired) electrons. The minimum absolute atomic E-state index is 0.149. The molecule has 0 spiro atoms. The molecule has 1 heterocycles. The van der Waals surface area contributed by atoms with Crippen molar-refractivity contribution in [1.82, 2.24) is 16.3 Å². The molecule has 1 saturated heterocycles. The third kappa shape index (κ3) is 3.79. The van der Waals surface area contributed by atoms with Gasteiger partial charge in [0.05, 0.1) is 6.21 Å². The first kappa shape index (κ1) is 15.0. The highest BCUT2D eigenvalue weighted by Crippen LogP contribution is 2.14. The lowest BCUT2D eigenvalue weighted by Gasteiger charge is -2.12. The van der Waals surface area contributed by atoms with Gasteiger partial charge in [-0.3, -0.25) is 10.2 Å². The topological polar surface area (TPSA) is 65.5 Å². The quantitative estimate of drug-likeness (QED) is 0.585. The molecule has 1 fully saturated rings. The molecule has 0 bridgehead atoms. The number of hydrazone groups is 1. The van der Waals surface area contributed by atoms with Crippen LogP contribution < -0.4 is 16.3 Å². The highest BCUT2D eigenvalue weighted by atomic mass is 35.5. The smallest absolute Gasteiger partial charge is 0.258 e. The third-order valence-corrected chi connectivity index (χ3v) is 3.68. The van der Waals surface area contributed by atoms with Crippen LogP contribution in [0.15, 0.2) is 29.4 Å². The Morgan fingerprint density at radius 1 is 1.45 bits per heavy atom. The Bertz CT molecular complexity index is 504. The van der Waals surface area contributed by atoms with Gasteiger partial charge in [0, 0.05) is 16.6 Å². The predicted molar refractivity (Wildman–Crippen MR) is 80.5 cm³/mol. The molecule has 2 unspecified atom stereocenters. The highest BCUT2D eigenvalue weighted by molar-refractivity contribution is 6.33.